The van der Waals surface area contributed by atoms with Crippen LogP contribution in [0.5, 0.6) is 5.75 Å². The molecule has 0 fully saturated rings. The third-order valence-electron chi connectivity index (χ3n) is 2.72. The third-order valence-corrected chi connectivity index (χ3v) is 2.72. The number of hydrogen-bond donors (Lipinski definition) is 2. The molecule has 0 saturated heterocycles. The van der Waals surface area contributed by atoms with Crippen LogP contribution in [0.25, 0.3) is 0 Å². The molecule has 0 aliphatic rings. The van der Waals surface area contributed by atoms with Crippen LogP contribution in [0.1, 0.15) is 33.6 Å². The molecule has 20 heavy (non-hydrogen) atoms. The fraction of sp³-hybridized carbons (Fsp3) is 0.467. The Bertz CT molecular complexity index is 465. The minimum atomic E-state index is -0.899. The van der Waals surface area contributed by atoms with E-state index in [1.807, 2.05) is 6.92 Å². The lowest BCUT2D eigenvalue weighted by Gasteiger charge is -2.21. The lowest BCUT2D eigenvalue weighted by Crippen LogP contribution is -2.24. The van der Waals surface area contributed by atoms with Crippen molar-refractivity contribution in [1.82, 2.24) is 0 Å². The van der Waals surface area contributed by atoms with E-state index in [-0.39, 0.29) is 18.7 Å². The van der Waals surface area contributed by atoms with Crippen molar-refractivity contribution in [3.05, 3.63) is 24.3 Å². The van der Waals surface area contributed by atoms with Gasteiger partial charge in [0, 0.05) is 12.1 Å². The SMILES string of the molecule is CCOc1ccc(NC(=O)CC(C)(C)CC(=O)O)cc1. The van der Waals surface area contributed by atoms with Crippen LogP contribution in [-0.4, -0.2) is 23.6 Å². The Morgan fingerprint density at radius 2 is 1.80 bits per heavy atom. The summed E-state index contributed by atoms with van der Waals surface area (Å²) < 4.78 is 5.31. The smallest absolute Gasteiger partial charge is 0.303 e. The van der Waals surface area contributed by atoms with Crippen molar-refractivity contribution in [3.8, 4) is 5.75 Å². The molecule has 0 heterocycles. The summed E-state index contributed by atoms with van der Waals surface area (Å²) in [6.45, 7) is 6.02. The van der Waals surface area contributed by atoms with Gasteiger partial charge in [0.05, 0.1) is 13.0 Å². The molecule has 1 amide bonds. The molecule has 1 rings (SSSR count). The number of carbonyl (C=O) groups is 2. The highest BCUT2D eigenvalue weighted by molar-refractivity contribution is 5.91. The highest BCUT2D eigenvalue weighted by atomic mass is 16.5. The number of ether oxygens (including phenoxy) is 1. The van der Waals surface area contributed by atoms with E-state index in [0.717, 1.165) is 5.75 Å². The molecule has 110 valence electrons. The summed E-state index contributed by atoms with van der Waals surface area (Å²) in [4.78, 5) is 22.6. The summed E-state index contributed by atoms with van der Waals surface area (Å²) in [6, 6.07) is 7.07. The topological polar surface area (TPSA) is 75.6 Å². The van der Waals surface area contributed by atoms with Crippen LogP contribution >= 0.6 is 0 Å². The summed E-state index contributed by atoms with van der Waals surface area (Å²) in [6.07, 6.45) is 0.121. The number of rotatable bonds is 7. The predicted molar refractivity (Wildman–Crippen MR) is 76.9 cm³/mol. The second-order valence-electron chi connectivity index (χ2n) is 5.42. The van der Waals surface area contributed by atoms with Gasteiger partial charge >= 0.3 is 5.97 Å². The molecule has 5 nitrogen and oxygen atoms in total. The largest absolute Gasteiger partial charge is 0.494 e. The summed E-state index contributed by atoms with van der Waals surface area (Å²) in [5, 5.41) is 11.5. The molecule has 1 aromatic carbocycles. The third kappa shape index (κ3) is 5.73. The van der Waals surface area contributed by atoms with E-state index in [9.17, 15) is 9.59 Å². The number of benzene rings is 1. The molecule has 2 N–H and O–H groups in total. The number of carboxylic acids is 1. The van der Waals surface area contributed by atoms with E-state index in [2.05, 4.69) is 5.32 Å². The van der Waals surface area contributed by atoms with Crippen LogP contribution < -0.4 is 10.1 Å². The molecule has 0 spiro atoms. The fourth-order valence-corrected chi connectivity index (χ4v) is 1.91. The van der Waals surface area contributed by atoms with Crippen molar-refractivity contribution in [1.29, 1.82) is 0 Å². The van der Waals surface area contributed by atoms with Crippen LogP contribution in [-0.2, 0) is 9.59 Å². The molecule has 0 saturated carbocycles. The zero-order valence-corrected chi connectivity index (χ0v) is 12.1. The van der Waals surface area contributed by atoms with E-state index in [1.54, 1.807) is 38.1 Å². The van der Waals surface area contributed by atoms with Gasteiger partial charge in [0.25, 0.3) is 0 Å². The van der Waals surface area contributed by atoms with E-state index in [0.29, 0.717) is 12.3 Å². The Labute approximate surface area is 118 Å². The zero-order valence-electron chi connectivity index (χ0n) is 12.1. The van der Waals surface area contributed by atoms with Gasteiger partial charge in [0.15, 0.2) is 0 Å². The number of carboxylic acid groups (broad SMARTS) is 1. The van der Waals surface area contributed by atoms with E-state index in [1.165, 1.54) is 0 Å². The van der Waals surface area contributed by atoms with Gasteiger partial charge < -0.3 is 15.2 Å². The van der Waals surface area contributed by atoms with Gasteiger partial charge in [0.1, 0.15) is 5.75 Å². The van der Waals surface area contributed by atoms with Crippen molar-refractivity contribution in [2.45, 2.75) is 33.6 Å². The molecule has 5 heteroatoms. The van der Waals surface area contributed by atoms with Crippen molar-refractivity contribution in [2.75, 3.05) is 11.9 Å². The lowest BCUT2D eigenvalue weighted by atomic mass is 9.85. The van der Waals surface area contributed by atoms with E-state index in [4.69, 9.17) is 9.84 Å². The molecular weight excluding hydrogens is 258 g/mol. The Morgan fingerprint density at radius 1 is 1.20 bits per heavy atom. The van der Waals surface area contributed by atoms with Crippen LogP contribution in [0, 0.1) is 5.41 Å². The predicted octanol–water partition coefficient (Wildman–Crippen LogP) is 2.91. The monoisotopic (exact) mass is 279 g/mol. The maximum absolute atomic E-state index is 11.9. The van der Waals surface area contributed by atoms with Crippen molar-refractivity contribution >= 4 is 17.6 Å². The van der Waals surface area contributed by atoms with Gasteiger partial charge in [-0.15, -0.1) is 0 Å². The first-order valence-electron chi connectivity index (χ1n) is 6.57. The number of anilines is 1. The van der Waals surface area contributed by atoms with Crippen molar-refractivity contribution < 1.29 is 19.4 Å². The maximum atomic E-state index is 11.9. The summed E-state index contributed by atoms with van der Waals surface area (Å²) in [5.74, 6) is -0.346. The van der Waals surface area contributed by atoms with Gasteiger partial charge in [-0.3, -0.25) is 9.59 Å². The minimum absolute atomic E-state index is 0.0380. The molecule has 0 aliphatic heterocycles. The molecule has 0 aliphatic carbocycles. The second-order valence-corrected chi connectivity index (χ2v) is 5.42. The number of nitrogens with one attached hydrogen (secondary N) is 1. The second kappa shape index (κ2) is 6.93. The van der Waals surface area contributed by atoms with Crippen LogP contribution in [0.15, 0.2) is 24.3 Å². The van der Waals surface area contributed by atoms with Crippen molar-refractivity contribution in [2.24, 2.45) is 5.41 Å². The first-order valence-corrected chi connectivity index (χ1v) is 6.57. The minimum Gasteiger partial charge on any atom is -0.494 e. The standard InChI is InChI=1S/C15H21NO4/c1-4-20-12-7-5-11(6-8-12)16-13(17)9-15(2,3)10-14(18)19/h5-8H,4,9-10H2,1-3H3,(H,16,17)(H,18,19). The molecule has 0 bridgehead atoms. The normalized spacial score (nSPS) is 10.9. The van der Waals surface area contributed by atoms with Gasteiger partial charge in [-0.1, -0.05) is 13.8 Å². The average Bonchev–Trinajstić information content (AvgIpc) is 2.29. The molecule has 0 unspecified atom stereocenters. The number of carbonyl (C=O) groups excluding carboxylic acids is 1. The summed E-state index contributed by atoms with van der Waals surface area (Å²) in [7, 11) is 0. The van der Waals surface area contributed by atoms with E-state index >= 15 is 0 Å². The molecule has 1 aromatic rings. The average molecular weight is 279 g/mol. The maximum Gasteiger partial charge on any atom is 0.303 e. The van der Waals surface area contributed by atoms with Crippen LogP contribution in [0.3, 0.4) is 0 Å². The number of aliphatic carboxylic acids is 1. The number of hydrogen-bond acceptors (Lipinski definition) is 3. The van der Waals surface area contributed by atoms with Gasteiger partial charge in [0.2, 0.25) is 5.91 Å². The molecular formula is C15H21NO4. The van der Waals surface area contributed by atoms with Gasteiger partial charge in [-0.25, -0.2) is 0 Å². The van der Waals surface area contributed by atoms with Crippen LogP contribution in [0.4, 0.5) is 5.69 Å². The Kier molecular flexibility index (Phi) is 5.55. The summed E-state index contributed by atoms with van der Waals surface area (Å²) in [5.41, 5.74) is 0.103. The highest BCUT2D eigenvalue weighted by Crippen LogP contribution is 2.25. The quantitative estimate of drug-likeness (QED) is 0.804. The first kappa shape index (κ1) is 16.0. The van der Waals surface area contributed by atoms with E-state index < -0.39 is 11.4 Å². The molecule has 0 aromatic heterocycles. The van der Waals surface area contributed by atoms with Gasteiger partial charge in [-0.05, 0) is 36.6 Å². The Morgan fingerprint density at radius 3 is 2.30 bits per heavy atom. The Hall–Kier alpha value is -2.04. The number of amides is 1. The zero-order chi connectivity index (χ0) is 15.2. The first-order chi connectivity index (χ1) is 9.32. The summed E-state index contributed by atoms with van der Waals surface area (Å²) >= 11 is 0. The molecule has 0 atom stereocenters. The highest BCUT2D eigenvalue weighted by Gasteiger charge is 2.25. The fourth-order valence-electron chi connectivity index (χ4n) is 1.91. The lowest BCUT2D eigenvalue weighted by molar-refractivity contribution is -0.139. The van der Waals surface area contributed by atoms with Crippen LogP contribution in [0.2, 0.25) is 0 Å². The van der Waals surface area contributed by atoms with Crippen molar-refractivity contribution in [3.63, 3.8) is 0 Å². The Balaban J connectivity index is 2.55. The molecule has 0 radical (unpaired) electrons. The van der Waals surface area contributed by atoms with Gasteiger partial charge in [-0.2, -0.15) is 0 Å².